The van der Waals surface area contributed by atoms with Crippen molar-refractivity contribution in [1.29, 1.82) is 0 Å². The molecule has 1 unspecified atom stereocenters. The molecule has 9 heavy (non-hydrogen) atoms. The highest BCUT2D eigenvalue weighted by molar-refractivity contribution is 14.1. The molecule has 1 atom stereocenters. The Morgan fingerprint density at radius 2 is 2.22 bits per heavy atom. The Balaban J connectivity index is 2.75. The third-order valence-electron chi connectivity index (χ3n) is 1.17. The van der Waals surface area contributed by atoms with Gasteiger partial charge in [-0.05, 0) is 12.8 Å². The molecule has 0 bridgehead atoms. The monoisotopic (exact) mass is 242 g/mol. The van der Waals surface area contributed by atoms with Crippen LogP contribution in [0.2, 0.25) is 0 Å². The minimum atomic E-state index is 0.806. The standard InChI is InChI=1S/C6H15IN2/c1-6(7)4-2-3-5-9-8/h6,9H,2-5,8H2,1H3. The lowest BCUT2D eigenvalue weighted by atomic mass is 10.2. The van der Waals surface area contributed by atoms with Gasteiger partial charge < -0.3 is 0 Å². The van der Waals surface area contributed by atoms with Crippen molar-refractivity contribution in [3.05, 3.63) is 0 Å². The molecule has 0 aliphatic rings. The van der Waals surface area contributed by atoms with Crippen molar-refractivity contribution in [3.63, 3.8) is 0 Å². The molecule has 0 heterocycles. The van der Waals surface area contributed by atoms with Crippen LogP contribution in [0.1, 0.15) is 26.2 Å². The first kappa shape index (κ1) is 9.65. The summed E-state index contributed by atoms with van der Waals surface area (Å²) in [6.07, 6.45) is 3.79. The molecular formula is C6H15IN2. The van der Waals surface area contributed by atoms with Crippen molar-refractivity contribution in [2.24, 2.45) is 5.84 Å². The summed E-state index contributed by atoms with van der Waals surface area (Å²) in [5.74, 6) is 5.09. The molecule has 0 radical (unpaired) electrons. The van der Waals surface area contributed by atoms with Gasteiger partial charge in [-0.3, -0.25) is 11.3 Å². The van der Waals surface area contributed by atoms with E-state index in [-0.39, 0.29) is 0 Å². The van der Waals surface area contributed by atoms with E-state index >= 15 is 0 Å². The molecule has 0 rings (SSSR count). The van der Waals surface area contributed by atoms with Crippen molar-refractivity contribution in [3.8, 4) is 0 Å². The fraction of sp³-hybridized carbons (Fsp3) is 1.00. The smallest absolute Gasteiger partial charge is 0.00974 e. The minimum absolute atomic E-state index is 0.806. The van der Waals surface area contributed by atoms with Gasteiger partial charge in [-0.15, -0.1) is 0 Å². The number of hydrazine groups is 1. The van der Waals surface area contributed by atoms with Crippen LogP contribution >= 0.6 is 22.6 Å². The number of hydrogen-bond acceptors (Lipinski definition) is 2. The van der Waals surface area contributed by atoms with E-state index in [1.54, 1.807) is 0 Å². The summed E-state index contributed by atoms with van der Waals surface area (Å²) in [6.45, 7) is 3.18. The first-order valence-corrected chi connectivity index (χ1v) is 4.59. The number of alkyl halides is 1. The summed E-state index contributed by atoms with van der Waals surface area (Å²) >= 11 is 2.44. The zero-order valence-electron chi connectivity index (χ0n) is 5.86. The second kappa shape index (κ2) is 6.77. The molecule has 3 heteroatoms. The summed E-state index contributed by atoms with van der Waals surface area (Å²) in [5, 5.41) is 0. The van der Waals surface area contributed by atoms with Gasteiger partial charge >= 0.3 is 0 Å². The number of nitrogens with two attached hydrogens (primary N) is 1. The third kappa shape index (κ3) is 8.65. The second-order valence-electron chi connectivity index (χ2n) is 2.23. The molecule has 0 aliphatic heterocycles. The topological polar surface area (TPSA) is 38.0 Å². The maximum atomic E-state index is 5.09. The molecular weight excluding hydrogens is 227 g/mol. The molecule has 2 nitrogen and oxygen atoms in total. The molecule has 3 N–H and O–H groups in total. The largest absolute Gasteiger partial charge is 0.271 e. The van der Waals surface area contributed by atoms with Gasteiger partial charge in [-0.2, -0.15) is 0 Å². The maximum Gasteiger partial charge on any atom is 0.00974 e. The van der Waals surface area contributed by atoms with E-state index in [2.05, 4.69) is 34.9 Å². The van der Waals surface area contributed by atoms with E-state index < -0.39 is 0 Å². The quantitative estimate of drug-likeness (QED) is 0.252. The van der Waals surface area contributed by atoms with Crippen molar-refractivity contribution in [2.75, 3.05) is 6.54 Å². The SMILES string of the molecule is CC(I)CCCCNN. The molecule has 0 aromatic heterocycles. The lowest BCUT2D eigenvalue weighted by Crippen LogP contribution is -2.22. The molecule has 0 spiro atoms. The van der Waals surface area contributed by atoms with Crippen LogP contribution in [0.3, 0.4) is 0 Å². The average molecular weight is 242 g/mol. The van der Waals surface area contributed by atoms with Gasteiger partial charge in [0, 0.05) is 10.5 Å². The Kier molecular flexibility index (Phi) is 7.25. The highest BCUT2D eigenvalue weighted by Crippen LogP contribution is 2.07. The van der Waals surface area contributed by atoms with Gasteiger partial charge in [0.25, 0.3) is 0 Å². The minimum Gasteiger partial charge on any atom is -0.271 e. The van der Waals surface area contributed by atoms with Gasteiger partial charge in [-0.1, -0.05) is 35.9 Å². The van der Waals surface area contributed by atoms with E-state index in [1.165, 1.54) is 19.3 Å². The van der Waals surface area contributed by atoms with Gasteiger partial charge in [0.05, 0.1) is 0 Å². The van der Waals surface area contributed by atoms with E-state index in [0.29, 0.717) is 0 Å². The Morgan fingerprint density at radius 1 is 1.56 bits per heavy atom. The molecule has 0 amide bonds. The Hall–Kier alpha value is 0.650. The van der Waals surface area contributed by atoms with E-state index in [1.807, 2.05) is 0 Å². The molecule has 0 aromatic rings. The number of rotatable bonds is 5. The number of nitrogens with one attached hydrogen (secondary N) is 1. The fourth-order valence-electron chi connectivity index (χ4n) is 0.653. The highest BCUT2D eigenvalue weighted by atomic mass is 127. The zero-order valence-corrected chi connectivity index (χ0v) is 8.02. The van der Waals surface area contributed by atoms with Crippen LogP contribution in [-0.4, -0.2) is 10.5 Å². The first-order valence-electron chi connectivity index (χ1n) is 3.35. The normalized spacial score (nSPS) is 13.7. The van der Waals surface area contributed by atoms with Gasteiger partial charge in [-0.25, -0.2) is 0 Å². The van der Waals surface area contributed by atoms with Crippen molar-refractivity contribution in [1.82, 2.24) is 5.43 Å². The summed E-state index contributed by atoms with van der Waals surface area (Å²) in [6, 6.07) is 0. The van der Waals surface area contributed by atoms with Gasteiger partial charge in [0.2, 0.25) is 0 Å². The Labute approximate surface area is 70.7 Å². The van der Waals surface area contributed by atoms with Crippen LogP contribution in [0.25, 0.3) is 0 Å². The van der Waals surface area contributed by atoms with Crippen LogP contribution in [0, 0.1) is 0 Å². The lowest BCUT2D eigenvalue weighted by Gasteiger charge is -2.01. The molecule has 0 saturated carbocycles. The van der Waals surface area contributed by atoms with E-state index in [9.17, 15) is 0 Å². The van der Waals surface area contributed by atoms with Crippen LogP contribution in [0.4, 0.5) is 0 Å². The second-order valence-corrected chi connectivity index (χ2v) is 4.36. The predicted octanol–water partition coefficient (Wildman–Crippen LogP) is 1.44. The van der Waals surface area contributed by atoms with Gasteiger partial charge in [0.15, 0.2) is 0 Å². The number of halogens is 1. The van der Waals surface area contributed by atoms with Crippen molar-refractivity contribution >= 4 is 22.6 Å². The van der Waals surface area contributed by atoms with Crippen LogP contribution in [-0.2, 0) is 0 Å². The third-order valence-corrected chi connectivity index (χ3v) is 1.80. The predicted molar refractivity (Wildman–Crippen MR) is 49.5 cm³/mol. The van der Waals surface area contributed by atoms with E-state index in [0.717, 1.165) is 10.5 Å². The van der Waals surface area contributed by atoms with Crippen LogP contribution in [0.15, 0.2) is 0 Å². The summed E-state index contributed by atoms with van der Waals surface area (Å²) in [5.41, 5.74) is 2.64. The highest BCUT2D eigenvalue weighted by Gasteiger charge is 1.93. The lowest BCUT2D eigenvalue weighted by molar-refractivity contribution is 0.623. The van der Waals surface area contributed by atoms with Crippen molar-refractivity contribution in [2.45, 2.75) is 30.1 Å². The van der Waals surface area contributed by atoms with E-state index in [4.69, 9.17) is 5.84 Å². The molecule has 0 fully saturated rings. The van der Waals surface area contributed by atoms with Crippen molar-refractivity contribution < 1.29 is 0 Å². The fourth-order valence-corrected chi connectivity index (χ4v) is 1.09. The first-order chi connectivity index (χ1) is 4.27. The van der Waals surface area contributed by atoms with Crippen LogP contribution in [0.5, 0.6) is 0 Å². The summed E-state index contributed by atoms with van der Waals surface area (Å²) in [7, 11) is 0. The maximum absolute atomic E-state index is 5.09. The summed E-state index contributed by atoms with van der Waals surface area (Å²) in [4.78, 5) is 0. The molecule has 56 valence electrons. The zero-order chi connectivity index (χ0) is 7.11. The molecule has 0 saturated heterocycles. The van der Waals surface area contributed by atoms with Gasteiger partial charge in [0.1, 0.15) is 0 Å². The molecule has 0 aromatic carbocycles. The molecule has 0 aliphatic carbocycles. The Bertz CT molecular complexity index is 57.0. The number of unbranched alkanes of at least 4 members (excludes halogenated alkanes) is 1. The average Bonchev–Trinajstić information content (AvgIpc) is 1.80. The number of hydrogen-bond donors (Lipinski definition) is 2. The summed E-state index contributed by atoms with van der Waals surface area (Å²) < 4.78 is 0.806. The Morgan fingerprint density at radius 3 is 2.67 bits per heavy atom. The van der Waals surface area contributed by atoms with Crippen LogP contribution < -0.4 is 11.3 Å².